The van der Waals surface area contributed by atoms with Crippen LogP contribution in [0.3, 0.4) is 0 Å². The van der Waals surface area contributed by atoms with Crippen LogP contribution in [0.2, 0.25) is 0 Å². The Kier molecular flexibility index (Phi) is 4.51. The third-order valence-electron chi connectivity index (χ3n) is 3.34. The first kappa shape index (κ1) is 14.0. The van der Waals surface area contributed by atoms with E-state index >= 15 is 0 Å². The molecular weight excluding hydrogens is 218 g/mol. The SMILES string of the molecule is CC(C)[C@H](N)C(=O)NCC(=O)NC1(C)CCC1. The Bertz CT molecular complexity index is 298. The lowest BCUT2D eigenvalue weighted by molar-refractivity contribution is -0.128. The van der Waals surface area contributed by atoms with Gasteiger partial charge in [0.2, 0.25) is 11.8 Å². The molecule has 1 aliphatic carbocycles. The van der Waals surface area contributed by atoms with Gasteiger partial charge in [0, 0.05) is 5.54 Å². The quantitative estimate of drug-likeness (QED) is 0.640. The normalized spacial score (nSPS) is 19.4. The van der Waals surface area contributed by atoms with Crippen LogP contribution in [-0.2, 0) is 9.59 Å². The molecule has 98 valence electrons. The number of hydrogen-bond donors (Lipinski definition) is 3. The monoisotopic (exact) mass is 241 g/mol. The summed E-state index contributed by atoms with van der Waals surface area (Å²) >= 11 is 0. The van der Waals surface area contributed by atoms with Crippen LogP contribution in [0.1, 0.15) is 40.0 Å². The number of nitrogens with two attached hydrogens (primary N) is 1. The van der Waals surface area contributed by atoms with Gasteiger partial charge in [-0.1, -0.05) is 13.8 Å². The minimum atomic E-state index is -0.554. The number of rotatable bonds is 5. The van der Waals surface area contributed by atoms with Crippen LogP contribution in [0.4, 0.5) is 0 Å². The Balaban J connectivity index is 2.26. The molecule has 0 bridgehead atoms. The van der Waals surface area contributed by atoms with Gasteiger partial charge in [-0.15, -0.1) is 0 Å². The van der Waals surface area contributed by atoms with E-state index in [2.05, 4.69) is 10.6 Å². The summed E-state index contributed by atoms with van der Waals surface area (Å²) in [5.41, 5.74) is 5.60. The van der Waals surface area contributed by atoms with E-state index in [4.69, 9.17) is 5.73 Å². The predicted octanol–water partition coefficient (Wildman–Crippen LogP) is 0.145. The molecule has 0 aromatic heterocycles. The Hall–Kier alpha value is -1.10. The fraction of sp³-hybridized carbons (Fsp3) is 0.833. The zero-order valence-electron chi connectivity index (χ0n) is 10.9. The summed E-state index contributed by atoms with van der Waals surface area (Å²) in [7, 11) is 0. The Morgan fingerprint density at radius 3 is 2.35 bits per heavy atom. The van der Waals surface area contributed by atoms with Crippen LogP contribution in [0.5, 0.6) is 0 Å². The highest BCUT2D eigenvalue weighted by molar-refractivity contribution is 5.87. The molecule has 0 spiro atoms. The number of carbonyl (C=O) groups is 2. The molecule has 0 radical (unpaired) electrons. The largest absolute Gasteiger partial charge is 0.349 e. The lowest BCUT2D eigenvalue weighted by Crippen LogP contribution is -2.54. The molecule has 5 nitrogen and oxygen atoms in total. The first-order valence-corrected chi connectivity index (χ1v) is 6.18. The van der Waals surface area contributed by atoms with E-state index in [1.54, 1.807) is 0 Å². The van der Waals surface area contributed by atoms with Gasteiger partial charge in [-0.2, -0.15) is 0 Å². The molecule has 0 aromatic rings. The Labute approximate surface area is 103 Å². The predicted molar refractivity (Wildman–Crippen MR) is 66.2 cm³/mol. The van der Waals surface area contributed by atoms with Crippen molar-refractivity contribution in [1.29, 1.82) is 0 Å². The van der Waals surface area contributed by atoms with Gasteiger partial charge >= 0.3 is 0 Å². The van der Waals surface area contributed by atoms with Crippen molar-refractivity contribution in [3.8, 4) is 0 Å². The van der Waals surface area contributed by atoms with Crippen LogP contribution >= 0.6 is 0 Å². The fourth-order valence-corrected chi connectivity index (χ4v) is 1.80. The molecular formula is C12H23N3O2. The van der Waals surface area contributed by atoms with E-state index in [9.17, 15) is 9.59 Å². The molecule has 17 heavy (non-hydrogen) atoms. The highest BCUT2D eigenvalue weighted by Crippen LogP contribution is 2.30. The van der Waals surface area contributed by atoms with E-state index in [0.29, 0.717) is 0 Å². The third-order valence-corrected chi connectivity index (χ3v) is 3.34. The molecule has 2 amide bonds. The molecule has 0 aromatic carbocycles. The summed E-state index contributed by atoms with van der Waals surface area (Å²) in [6.45, 7) is 5.78. The molecule has 5 heteroatoms. The summed E-state index contributed by atoms with van der Waals surface area (Å²) in [6, 6.07) is -0.554. The van der Waals surface area contributed by atoms with Crippen LogP contribution < -0.4 is 16.4 Å². The van der Waals surface area contributed by atoms with Gasteiger partial charge in [0.25, 0.3) is 0 Å². The first-order valence-electron chi connectivity index (χ1n) is 6.18. The van der Waals surface area contributed by atoms with E-state index < -0.39 is 6.04 Å². The van der Waals surface area contributed by atoms with Gasteiger partial charge in [0.15, 0.2) is 0 Å². The topological polar surface area (TPSA) is 84.2 Å². The summed E-state index contributed by atoms with van der Waals surface area (Å²) < 4.78 is 0. The molecule has 1 aliphatic rings. The molecule has 0 saturated heterocycles. The number of nitrogens with one attached hydrogen (secondary N) is 2. The molecule has 1 atom stereocenters. The van der Waals surface area contributed by atoms with Gasteiger partial charge in [0.1, 0.15) is 0 Å². The van der Waals surface area contributed by atoms with Crippen molar-refractivity contribution in [2.75, 3.05) is 6.54 Å². The van der Waals surface area contributed by atoms with Gasteiger partial charge in [-0.05, 0) is 32.1 Å². The third kappa shape index (κ3) is 4.00. The van der Waals surface area contributed by atoms with E-state index in [1.807, 2.05) is 20.8 Å². The summed E-state index contributed by atoms with van der Waals surface area (Å²) in [4.78, 5) is 23.1. The van der Waals surface area contributed by atoms with Crippen LogP contribution in [0.15, 0.2) is 0 Å². The highest BCUT2D eigenvalue weighted by atomic mass is 16.2. The zero-order chi connectivity index (χ0) is 13.1. The Morgan fingerprint density at radius 2 is 1.94 bits per heavy atom. The molecule has 1 rings (SSSR count). The lowest BCUT2D eigenvalue weighted by atomic mass is 9.78. The molecule has 4 N–H and O–H groups in total. The highest BCUT2D eigenvalue weighted by Gasteiger charge is 2.33. The summed E-state index contributed by atoms with van der Waals surface area (Å²) in [5.74, 6) is -0.340. The average Bonchev–Trinajstić information content (AvgIpc) is 2.22. The van der Waals surface area contributed by atoms with Crippen molar-refractivity contribution in [2.24, 2.45) is 11.7 Å². The van der Waals surface area contributed by atoms with E-state index in [-0.39, 0.29) is 29.8 Å². The van der Waals surface area contributed by atoms with Gasteiger partial charge < -0.3 is 16.4 Å². The summed E-state index contributed by atoms with van der Waals surface area (Å²) in [6.07, 6.45) is 3.18. The Morgan fingerprint density at radius 1 is 1.35 bits per heavy atom. The fourth-order valence-electron chi connectivity index (χ4n) is 1.80. The van der Waals surface area contributed by atoms with Crippen LogP contribution in [0, 0.1) is 5.92 Å². The lowest BCUT2D eigenvalue weighted by Gasteiger charge is -2.39. The smallest absolute Gasteiger partial charge is 0.239 e. The maximum Gasteiger partial charge on any atom is 0.239 e. The molecule has 1 fully saturated rings. The second-order valence-corrected chi connectivity index (χ2v) is 5.45. The molecule has 0 unspecified atom stereocenters. The maximum atomic E-state index is 11.6. The van der Waals surface area contributed by atoms with Crippen LogP contribution in [0.25, 0.3) is 0 Å². The van der Waals surface area contributed by atoms with Gasteiger partial charge in [-0.3, -0.25) is 9.59 Å². The van der Waals surface area contributed by atoms with Crippen molar-refractivity contribution in [3.05, 3.63) is 0 Å². The van der Waals surface area contributed by atoms with Gasteiger partial charge in [-0.25, -0.2) is 0 Å². The van der Waals surface area contributed by atoms with Crippen molar-refractivity contribution in [2.45, 2.75) is 51.6 Å². The molecule has 0 heterocycles. The van der Waals surface area contributed by atoms with Gasteiger partial charge in [0.05, 0.1) is 12.6 Å². The molecule has 1 saturated carbocycles. The minimum absolute atomic E-state index is 0.00877. The van der Waals surface area contributed by atoms with E-state index in [0.717, 1.165) is 19.3 Å². The molecule has 0 aliphatic heterocycles. The number of carbonyl (C=O) groups excluding carboxylic acids is 2. The number of hydrogen-bond acceptors (Lipinski definition) is 3. The number of amides is 2. The van der Waals surface area contributed by atoms with Crippen LogP contribution in [-0.4, -0.2) is 29.9 Å². The summed E-state index contributed by atoms with van der Waals surface area (Å²) in [5, 5.41) is 5.48. The average molecular weight is 241 g/mol. The van der Waals surface area contributed by atoms with Crippen molar-refractivity contribution < 1.29 is 9.59 Å². The second kappa shape index (κ2) is 5.49. The van der Waals surface area contributed by atoms with E-state index in [1.165, 1.54) is 0 Å². The maximum absolute atomic E-state index is 11.6. The second-order valence-electron chi connectivity index (χ2n) is 5.45. The van der Waals surface area contributed by atoms with Crippen molar-refractivity contribution >= 4 is 11.8 Å². The standard InChI is InChI=1S/C12H23N3O2/c1-8(2)10(13)11(17)14-7-9(16)15-12(3)5-4-6-12/h8,10H,4-7,13H2,1-3H3,(H,14,17)(H,15,16)/t10-/m0/s1. The van der Waals surface area contributed by atoms with Crippen molar-refractivity contribution in [1.82, 2.24) is 10.6 Å². The zero-order valence-corrected chi connectivity index (χ0v) is 10.9. The first-order chi connectivity index (χ1) is 7.84. The van der Waals surface area contributed by atoms with Crippen molar-refractivity contribution in [3.63, 3.8) is 0 Å². The minimum Gasteiger partial charge on any atom is -0.349 e.